The van der Waals surface area contributed by atoms with Crippen LogP contribution in [0.4, 0.5) is 14.5 Å². The monoisotopic (exact) mass is 173 g/mol. The van der Waals surface area contributed by atoms with Crippen LogP contribution in [0.2, 0.25) is 0 Å². The van der Waals surface area contributed by atoms with Crippen LogP contribution in [0.15, 0.2) is 12.5 Å². The lowest BCUT2D eigenvalue weighted by Crippen LogP contribution is -2.13. The van der Waals surface area contributed by atoms with E-state index in [-0.39, 0.29) is 11.4 Å². The summed E-state index contributed by atoms with van der Waals surface area (Å²) in [4.78, 5) is 7.12. The Bertz CT molecular complexity index is 270. The van der Waals surface area contributed by atoms with E-state index in [9.17, 15) is 8.78 Å². The minimum Gasteiger partial charge on any atom is -0.385 e. The summed E-state index contributed by atoms with van der Waals surface area (Å²) in [5.74, 6) is -2.93. The van der Waals surface area contributed by atoms with Crippen molar-refractivity contribution >= 4 is 5.69 Å². The molecule has 0 fully saturated rings. The van der Waals surface area contributed by atoms with Crippen LogP contribution in [0.3, 0.4) is 0 Å². The third kappa shape index (κ3) is 1.66. The zero-order valence-electron chi connectivity index (χ0n) is 6.81. The van der Waals surface area contributed by atoms with E-state index in [1.54, 1.807) is 7.05 Å². The molecule has 0 aliphatic rings. The van der Waals surface area contributed by atoms with Gasteiger partial charge in [-0.3, -0.25) is 0 Å². The molecule has 1 rings (SSSR count). The summed E-state index contributed by atoms with van der Waals surface area (Å²) in [5.41, 5.74) is -0.0231. The van der Waals surface area contributed by atoms with Crippen LogP contribution in [-0.4, -0.2) is 17.0 Å². The fourth-order valence-electron chi connectivity index (χ4n) is 0.862. The first-order valence-corrected chi connectivity index (χ1v) is 3.41. The maximum Gasteiger partial charge on any atom is 0.289 e. The highest BCUT2D eigenvalue weighted by Crippen LogP contribution is 2.29. The highest BCUT2D eigenvalue weighted by Gasteiger charge is 2.29. The summed E-state index contributed by atoms with van der Waals surface area (Å²) in [5, 5.41) is 2.60. The Morgan fingerprint density at radius 2 is 2.17 bits per heavy atom. The Morgan fingerprint density at radius 1 is 1.50 bits per heavy atom. The van der Waals surface area contributed by atoms with Crippen molar-refractivity contribution in [3.8, 4) is 0 Å². The fraction of sp³-hybridized carbons (Fsp3) is 0.429. The smallest absolute Gasteiger partial charge is 0.289 e. The molecule has 1 N–H and O–H groups in total. The maximum absolute atomic E-state index is 12.8. The van der Waals surface area contributed by atoms with E-state index in [1.165, 1.54) is 6.20 Å². The molecular weight excluding hydrogens is 164 g/mol. The van der Waals surface area contributed by atoms with Gasteiger partial charge in [-0.05, 0) is 0 Å². The van der Waals surface area contributed by atoms with Crippen molar-refractivity contribution in [3.63, 3.8) is 0 Å². The van der Waals surface area contributed by atoms with Gasteiger partial charge in [0.1, 0.15) is 12.0 Å². The van der Waals surface area contributed by atoms with Gasteiger partial charge in [-0.1, -0.05) is 0 Å². The highest BCUT2D eigenvalue weighted by atomic mass is 19.3. The van der Waals surface area contributed by atoms with Crippen molar-refractivity contribution in [2.45, 2.75) is 12.8 Å². The molecule has 0 aliphatic heterocycles. The van der Waals surface area contributed by atoms with Crippen LogP contribution in [0.5, 0.6) is 0 Å². The topological polar surface area (TPSA) is 37.8 Å². The van der Waals surface area contributed by atoms with Gasteiger partial charge in [0, 0.05) is 14.0 Å². The molecule has 0 saturated carbocycles. The van der Waals surface area contributed by atoms with Crippen LogP contribution in [-0.2, 0) is 5.92 Å². The van der Waals surface area contributed by atoms with E-state index in [4.69, 9.17) is 0 Å². The zero-order chi connectivity index (χ0) is 9.19. The van der Waals surface area contributed by atoms with E-state index in [2.05, 4.69) is 15.3 Å². The predicted molar refractivity (Wildman–Crippen MR) is 41.1 cm³/mol. The number of rotatable bonds is 2. The van der Waals surface area contributed by atoms with Crippen LogP contribution in [0.1, 0.15) is 12.6 Å². The van der Waals surface area contributed by atoms with Gasteiger partial charge in [-0.25, -0.2) is 9.97 Å². The van der Waals surface area contributed by atoms with Crippen molar-refractivity contribution in [1.29, 1.82) is 0 Å². The van der Waals surface area contributed by atoms with Crippen molar-refractivity contribution < 1.29 is 8.78 Å². The lowest BCUT2D eigenvalue weighted by molar-refractivity contribution is 0.0134. The molecule has 0 amide bonds. The molecule has 3 nitrogen and oxygen atoms in total. The molecule has 0 spiro atoms. The molecule has 0 radical (unpaired) electrons. The summed E-state index contributed by atoms with van der Waals surface area (Å²) in [7, 11) is 1.55. The van der Waals surface area contributed by atoms with Gasteiger partial charge >= 0.3 is 0 Å². The number of nitrogens with zero attached hydrogens (tertiary/aromatic N) is 2. The Morgan fingerprint density at radius 3 is 2.58 bits per heavy atom. The first-order valence-electron chi connectivity index (χ1n) is 3.41. The fourth-order valence-corrected chi connectivity index (χ4v) is 0.862. The Balaban J connectivity index is 3.14. The van der Waals surface area contributed by atoms with Crippen LogP contribution >= 0.6 is 0 Å². The van der Waals surface area contributed by atoms with E-state index < -0.39 is 5.92 Å². The lowest BCUT2D eigenvalue weighted by Gasteiger charge is -2.12. The molecule has 0 aromatic carbocycles. The number of aromatic nitrogens is 2. The number of alkyl halides is 2. The first kappa shape index (κ1) is 8.83. The van der Waals surface area contributed by atoms with Gasteiger partial charge in [0.15, 0.2) is 0 Å². The second kappa shape index (κ2) is 3.00. The summed E-state index contributed by atoms with van der Waals surface area (Å²) in [6.07, 6.45) is 2.42. The van der Waals surface area contributed by atoms with Crippen LogP contribution in [0.25, 0.3) is 0 Å². The van der Waals surface area contributed by atoms with Crippen molar-refractivity contribution in [2.24, 2.45) is 0 Å². The van der Waals surface area contributed by atoms with Gasteiger partial charge < -0.3 is 5.32 Å². The minimum absolute atomic E-state index is 0.255. The van der Waals surface area contributed by atoms with Crippen molar-refractivity contribution in [3.05, 3.63) is 18.2 Å². The maximum atomic E-state index is 12.8. The summed E-state index contributed by atoms with van der Waals surface area (Å²) in [6.45, 7) is 0.802. The van der Waals surface area contributed by atoms with E-state index >= 15 is 0 Å². The summed E-state index contributed by atoms with van der Waals surface area (Å²) in [6, 6.07) is 0. The molecule has 0 bridgehead atoms. The quantitative estimate of drug-likeness (QED) is 0.738. The molecule has 12 heavy (non-hydrogen) atoms. The average molecular weight is 173 g/mol. The van der Waals surface area contributed by atoms with Crippen LogP contribution in [0, 0.1) is 0 Å². The number of hydrogen-bond donors (Lipinski definition) is 1. The molecule has 5 heteroatoms. The zero-order valence-corrected chi connectivity index (χ0v) is 6.81. The van der Waals surface area contributed by atoms with E-state index in [0.29, 0.717) is 0 Å². The number of halogens is 2. The Hall–Kier alpha value is -1.26. The molecule has 0 aliphatic carbocycles. The average Bonchev–Trinajstić information content (AvgIpc) is 2.03. The van der Waals surface area contributed by atoms with Crippen molar-refractivity contribution in [2.75, 3.05) is 12.4 Å². The van der Waals surface area contributed by atoms with Gasteiger partial charge in [-0.2, -0.15) is 8.78 Å². The molecule has 0 saturated heterocycles. The lowest BCUT2D eigenvalue weighted by atomic mass is 10.2. The number of hydrogen-bond acceptors (Lipinski definition) is 3. The first-order chi connectivity index (χ1) is 5.55. The van der Waals surface area contributed by atoms with E-state index in [1.807, 2.05) is 0 Å². The van der Waals surface area contributed by atoms with Gasteiger partial charge in [0.25, 0.3) is 5.92 Å². The second-order valence-electron chi connectivity index (χ2n) is 2.42. The molecule has 0 unspecified atom stereocenters. The van der Waals surface area contributed by atoms with Gasteiger partial charge in [0.05, 0.1) is 11.9 Å². The molecule has 1 heterocycles. The Labute approximate surface area is 68.8 Å². The highest BCUT2D eigenvalue weighted by molar-refractivity contribution is 5.46. The second-order valence-corrected chi connectivity index (χ2v) is 2.42. The van der Waals surface area contributed by atoms with Gasteiger partial charge in [0.2, 0.25) is 0 Å². The van der Waals surface area contributed by atoms with Crippen molar-refractivity contribution in [1.82, 2.24) is 9.97 Å². The van der Waals surface area contributed by atoms with Gasteiger partial charge in [-0.15, -0.1) is 0 Å². The molecule has 1 aromatic rings. The number of nitrogens with one attached hydrogen (secondary N) is 1. The standard InChI is InChI=1S/C7H9F2N3/c1-7(8,9)6-5(10-2)3-11-4-12-6/h3-4,10H,1-2H3. The third-order valence-corrected chi connectivity index (χ3v) is 1.40. The summed E-state index contributed by atoms with van der Waals surface area (Å²) >= 11 is 0. The molecule has 1 aromatic heterocycles. The predicted octanol–water partition coefficient (Wildman–Crippen LogP) is 1.63. The third-order valence-electron chi connectivity index (χ3n) is 1.40. The molecule has 66 valence electrons. The number of anilines is 1. The normalized spacial score (nSPS) is 11.3. The van der Waals surface area contributed by atoms with E-state index in [0.717, 1.165) is 13.3 Å². The summed E-state index contributed by atoms with van der Waals surface area (Å²) < 4.78 is 25.5. The van der Waals surface area contributed by atoms with Crippen LogP contribution < -0.4 is 5.32 Å². The minimum atomic E-state index is -2.93. The Kier molecular flexibility index (Phi) is 2.21. The molecule has 0 atom stereocenters. The largest absolute Gasteiger partial charge is 0.385 e. The SMILES string of the molecule is CNc1cncnc1C(C)(F)F. The molecular formula is C7H9F2N3.